The summed E-state index contributed by atoms with van der Waals surface area (Å²) in [6.45, 7) is 20.1. The van der Waals surface area contributed by atoms with Gasteiger partial charge in [0.25, 0.3) is 0 Å². The lowest BCUT2D eigenvalue weighted by Crippen LogP contribution is -2.09. The molecule has 1 aromatic carbocycles. The van der Waals surface area contributed by atoms with Crippen molar-refractivity contribution in [2.24, 2.45) is 10.4 Å². The molecule has 182 valence electrons. The van der Waals surface area contributed by atoms with E-state index >= 15 is 0 Å². The number of aliphatic imine (C=N–C) groups is 1. The normalized spacial score (nSPS) is 14.7. The van der Waals surface area contributed by atoms with Crippen molar-refractivity contribution >= 4 is 13.4 Å². The fourth-order valence-corrected chi connectivity index (χ4v) is 3.71. The minimum atomic E-state index is -4.24. The second kappa shape index (κ2) is 19.1. The van der Waals surface area contributed by atoms with E-state index in [0.717, 1.165) is 29.0 Å². The molecule has 0 saturated heterocycles. The number of nitrogens with zero attached hydrogens (tertiary/aromatic N) is 1. The number of alkyl halides is 3. The van der Waals surface area contributed by atoms with Crippen LogP contribution >= 0.6 is 0 Å². The van der Waals surface area contributed by atoms with Crippen LogP contribution < -0.4 is 0 Å². The zero-order valence-corrected chi connectivity index (χ0v) is 21.3. The predicted octanol–water partition coefficient (Wildman–Crippen LogP) is 9.50. The van der Waals surface area contributed by atoms with Crippen LogP contribution in [-0.2, 0) is 6.18 Å². The van der Waals surface area contributed by atoms with E-state index in [0.29, 0.717) is 5.92 Å². The number of rotatable bonds is 4. The molecule has 1 saturated carbocycles. The second-order valence-corrected chi connectivity index (χ2v) is 7.96. The van der Waals surface area contributed by atoms with Crippen LogP contribution in [0, 0.1) is 17.7 Å². The topological polar surface area (TPSA) is 36.2 Å². The first-order valence-corrected chi connectivity index (χ1v) is 11.4. The minimum Gasteiger partial charge on any atom is -0.317 e. The summed E-state index contributed by atoms with van der Waals surface area (Å²) in [5.41, 5.74) is 1.91. The van der Waals surface area contributed by atoms with Gasteiger partial charge in [0, 0.05) is 7.05 Å². The molecule has 1 fully saturated rings. The standard InChI is InChI=1S/C12H15F3.C9H18.C2H5N.C2H6.CH3N/c1-4-8(2)11-6-5-10(7-9(11)3)12(13,14)15;1-3-6-9(2)7-4-5-8-9;1-3-2;2*1-2/h5-8H,4H2,1-3H3;3-8H2,1-2H3;1H2,2H3;1-2H3;2H,1H2. The molecule has 1 N–H and O–H groups in total. The van der Waals surface area contributed by atoms with Gasteiger partial charge in [0.2, 0.25) is 0 Å². The first-order chi connectivity index (χ1) is 14.5. The van der Waals surface area contributed by atoms with Crippen molar-refractivity contribution in [2.45, 2.75) is 106 Å². The second-order valence-electron chi connectivity index (χ2n) is 7.96. The largest absolute Gasteiger partial charge is 0.416 e. The van der Waals surface area contributed by atoms with E-state index in [4.69, 9.17) is 5.41 Å². The Kier molecular flexibility index (Phi) is 20.9. The van der Waals surface area contributed by atoms with Crippen molar-refractivity contribution < 1.29 is 13.2 Å². The number of benzene rings is 1. The van der Waals surface area contributed by atoms with Gasteiger partial charge in [-0.3, -0.25) is 0 Å². The summed E-state index contributed by atoms with van der Waals surface area (Å²) in [4.78, 5) is 3.25. The highest BCUT2D eigenvalue weighted by Crippen LogP contribution is 2.41. The maximum Gasteiger partial charge on any atom is 0.416 e. The molecule has 1 aliphatic carbocycles. The summed E-state index contributed by atoms with van der Waals surface area (Å²) in [6.07, 6.45) is 5.46. The molecular formula is C26H47F3N2. The number of aryl methyl sites for hydroxylation is 1. The molecule has 2 nitrogen and oxygen atoms in total. The van der Waals surface area contributed by atoms with Gasteiger partial charge in [-0.15, -0.1) is 0 Å². The van der Waals surface area contributed by atoms with Crippen molar-refractivity contribution in [3.05, 3.63) is 34.9 Å². The molecule has 1 aromatic rings. The molecule has 0 bridgehead atoms. The highest BCUT2D eigenvalue weighted by molar-refractivity contribution is 5.34. The fourth-order valence-electron chi connectivity index (χ4n) is 3.71. The maximum atomic E-state index is 12.4. The fraction of sp³-hybridized carbons (Fsp3) is 0.692. The van der Waals surface area contributed by atoms with E-state index in [-0.39, 0.29) is 0 Å². The van der Waals surface area contributed by atoms with Crippen molar-refractivity contribution in [1.82, 2.24) is 0 Å². The molecular weight excluding hydrogens is 397 g/mol. The average molecular weight is 445 g/mol. The van der Waals surface area contributed by atoms with Gasteiger partial charge < -0.3 is 10.4 Å². The zero-order valence-electron chi connectivity index (χ0n) is 21.3. The highest BCUT2D eigenvalue weighted by Gasteiger charge is 2.30. The lowest BCUT2D eigenvalue weighted by atomic mass is 9.84. The number of hydrogen-bond donors (Lipinski definition) is 1. The summed E-state index contributed by atoms with van der Waals surface area (Å²) in [5.74, 6) is 0.312. The van der Waals surface area contributed by atoms with Crippen LogP contribution in [-0.4, -0.2) is 20.5 Å². The van der Waals surface area contributed by atoms with E-state index in [2.05, 4.69) is 32.3 Å². The average Bonchev–Trinajstić information content (AvgIpc) is 3.17. The summed E-state index contributed by atoms with van der Waals surface area (Å²) in [7, 11) is 1.64. The van der Waals surface area contributed by atoms with Crippen LogP contribution in [0.15, 0.2) is 23.2 Å². The Morgan fingerprint density at radius 2 is 1.58 bits per heavy atom. The molecule has 0 aliphatic heterocycles. The van der Waals surface area contributed by atoms with Crippen LogP contribution in [0.4, 0.5) is 13.2 Å². The van der Waals surface area contributed by atoms with Gasteiger partial charge in [-0.25, -0.2) is 0 Å². The van der Waals surface area contributed by atoms with E-state index in [1.54, 1.807) is 20.0 Å². The molecule has 2 rings (SSSR count). The van der Waals surface area contributed by atoms with Crippen molar-refractivity contribution in [3.8, 4) is 0 Å². The van der Waals surface area contributed by atoms with Gasteiger partial charge in [0.1, 0.15) is 0 Å². The summed E-state index contributed by atoms with van der Waals surface area (Å²) >= 11 is 0. The van der Waals surface area contributed by atoms with Crippen LogP contribution in [0.3, 0.4) is 0 Å². The first kappa shape index (κ1) is 34.0. The monoisotopic (exact) mass is 444 g/mol. The Labute approximate surface area is 190 Å². The third-order valence-electron chi connectivity index (χ3n) is 5.40. The van der Waals surface area contributed by atoms with Gasteiger partial charge in [-0.2, -0.15) is 13.2 Å². The molecule has 1 unspecified atom stereocenters. The van der Waals surface area contributed by atoms with Gasteiger partial charge in [-0.1, -0.05) is 66.9 Å². The van der Waals surface area contributed by atoms with Crippen LogP contribution in [0.2, 0.25) is 0 Å². The molecule has 1 aliphatic rings. The van der Waals surface area contributed by atoms with Gasteiger partial charge in [0.15, 0.2) is 0 Å². The van der Waals surface area contributed by atoms with Crippen LogP contribution in [0.1, 0.15) is 109 Å². The Morgan fingerprint density at radius 3 is 1.90 bits per heavy atom. The van der Waals surface area contributed by atoms with Crippen LogP contribution in [0.25, 0.3) is 0 Å². The molecule has 0 spiro atoms. The molecule has 0 amide bonds. The highest BCUT2D eigenvalue weighted by atomic mass is 19.4. The molecule has 0 aromatic heterocycles. The number of hydrogen-bond acceptors (Lipinski definition) is 2. The lowest BCUT2D eigenvalue weighted by molar-refractivity contribution is -0.137. The minimum absolute atomic E-state index is 0.312. The smallest absolute Gasteiger partial charge is 0.317 e. The lowest BCUT2D eigenvalue weighted by Gasteiger charge is -2.21. The zero-order chi connectivity index (χ0) is 25.1. The molecule has 0 radical (unpaired) electrons. The van der Waals surface area contributed by atoms with Gasteiger partial charge in [0.05, 0.1) is 5.56 Å². The third kappa shape index (κ3) is 14.9. The van der Waals surface area contributed by atoms with Crippen molar-refractivity contribution in [2.75, 3.05) is 7.05 Å². The number of nitrogens with one attached hydrogen (secondary N) is 1. The van der Waals surface area contributed by atoms with E-state index < -0.39 is 11.7 Å². The van der Waals surface area contributed by atoms with E-state index in [9.17, 15) is 13.2 Å². The SMILES string of the molecule is C=N.C=NC.CC.CCC(C)c1ccc(C(F)(F)F)cc1C.CCCC1(C)CCCC1. The Balaban J connectivity index is -0.000000416. The van der Waals surface area contributed by atoms with E-state index in [1.165, 1.54) is 44.6 Å². The molecule has 1 atom stereocenters. The molecule has 0 heterocycles. The quantitative estimate of drug-likeness (QED) is 0.449. The van der Waals surface area contributed by atoms with Gasteiger partial charge in [-0.05, 0) is 80.6 Å². The Morgan fingerprint density at radius 1 is 1.13 bits per heavy atom. The summed E-state index contributed by atoms with van der Waals surface area (Å²) in [5, 5.41) is 5.50. The summed E-state index contributed by atoms with van der Waals surface area (Å²) < 4.78 is 37.1. The first-order valence-electron chi connectivity index (χ1n) is 11.4. The third-order valence-corrected chi connectivity index (χ3v) is 5.40. The van der Waals surface area contributed by atoms with Crippen molar-refractivity contribution in [3.63, 3.8) is 0 Å². The molecule has 31 heavy (non-hydrogen) atoms. The summed E-state index contributed by atoms with van der Waals surface area (Å²) in [6, 6.07) is 3.97. The van der Waals surface area contributed by atoms with E-state index in [1.807, 2.05) is 27.7 Å². The van der Waals surface area contributed by atoms with Crippen LogP contribution in [0.5, 0.6) is 0 Å². The van der Waals surface area contributed by atoms with Gasteiger partial charge >= 0.3 is 6.18 Å². The number of halogens is 3. The van der Waals surface area contributed by atoms with Crippen molar-refractivity contribution in [1.29, 1.82) is 5.41 Å². The molecule has 5 heteroatoms. The predicted molar refractivity (Wildman–Crippen MR) is 133 cm³/mol. The Hall–Kier alpha value is -1.65. The maximum absolute atomic E-state index is 12.4. The Bertz CT molecular complexity index is 562.